The summed E-state index contributed by atoms with van der Waals surface area (Å²) in [6.45, 7) is 5.01. The molecule has 1 atom stereocenters. The van der Waals surface area contributed by atoms with Crippen LogP contribution in [0.2, 0.25) is 0 Å². The van der Waals surface area contributed by atoms with Crippen LogP contribution in [0.15, 0.2) is 30.1 Å². The van der Waals surface area contributed by atoms with Crippen LogP contribution < -0.4 is 15.4 Å². The minimum atomic E-state index is -0.929. The highest BCUT2D eigenvalue weighted by Crippen LogP contribution is 2.30. The first-order valence-corrected chi connectivity index (χ1v) is 9.02. The number of hydrogen-bond acceptors (Lipinski definition) is 6. The van der Waals surface area contributed by atoms with Crippen LogP contribution >= 0.6 is 0 Å². The van der Waals surface area contributed by atoms with E-state index in [-0.39, 0.29) is 25.1 Å². The van der Waals surface area contributed by atoms with Crippen molar-refractivity contribution in [3.8, 4) is 5.75 Å². The van der Waals surface area contributed by atoms with E-state index in [1.807, 2.05) is 0 Å². The van der Waals surface area contributed by atoms with Gasteiger partial charge in [-0.15, -0.1) is 0 Å². The standard InChI is InChI=1S/C20H25FN2O6/c1-20(2,3)29-19(26)22-10-12(9-21)11-28-14-5-6-16-13(7-14)8-15(17(24)23-16)18(25)27-4/h5-7,9,15H,8,10-11H2,1-4H3,(H,22,26)(H,23,24)/b12-9+. The fraction of sp³-hybridized carbons (Fsp3) is 0.450. The van der Waals surface area contributed by atoms with E-state index in [0.29, 0.717) is 23.3 Å². The highest BCUT2D eigenvalue weighted by molar-refractivity contribution is 6.07. The molecule has 8 nitrogen and oxygen atoms in total. The van der Waals surface area contributed by atoms with E-state index < -0.39 is 29.5 Å². The Bertz CT molecular complexity index is 816. The molecule has 0 bridgehead atoms. The Balaban J connectivity index is 1.95. The highest BCUT2D eigenvalue weighted by atomic mass is 19.1. The average molecular weight is 408 g/mol. The number of carbonyl (C=O) groups excluding carboxylic acids is 3. The molecule has 0 radical (unpaired) electrons. The number of fused-ring (bicyclic) bond motifs is 1. The van der Waals surface area contributed by atoms with Crippen molar-refractivity contribution in [1.29, 1.82) is 0 Å². The van der Waals surface area contributed by atoms with Crippen LogP contribution in [0.25, 0.3) is 0 Å². The molecule has 158 valence electrons. The lowest BCUT2D eigenvalue weighted by atomic mass is 9.93. The van der Waals surface area contributed by atoms with Gasteiger partial charge in [0.2, 0.25) is 5.91 Å². The van der Waals surface area contributed by atoms with Crippen molar-refractivity contribution in [1.82, 2.24) is 5.32 Å². The Morgan fingerprint density at radius 1 is 1.34 bits per heavy atom. The summed E-state index contributed by atoms with van der Waals surface area (Å²) < 4.78 is 28.4. The molecule has 2 rings (SSSR count). The van der Waals surface area contributed by atoms with Crippen molar-refractivity contribution in [2.24, 2.45) is 5.92 Å². The maximum Gasteiger partial charge on any atom is 0.407 e. The van der Waals surface area contributed by atoms with E-state index in [1.54, 1.807) is 39.0 Å². The Morgan fingerprint density at radius 2 is 2.07 bits per heavy atom. The number of rotatable bonds is 6. The van der Waals surface area contributed by atoms with E-state index in [9.17, 15) is 18.8 Å². The fourth-order valence-electron chi connectivity index (χ4n) is 2.61. The van der Waals surface area contributed by atoms with Crippen LogP contribution in [0.5, 0.6) is 5.75 Å². The smallest absolute Gasteiger partial charge is 0.407 e. The molecule has 1 aliphatic heterocycles. The first kappa shape index (κ1) is 22.2. The number of benzene rings is 1. The zero-order valence-corrected chi connectivity index (χ0v) is 16.8. The minimum Gasteiger partial charge on any atom is -0.489 e. The second-order valence-corrected chi connectivity index (χ2v) is 7.50. The van der Waals surface area contributed by atoms with Crippen molar-refractivity contribution in [2.75, 3.05) is 25.6 Å². The van der Waals surface area contributed by atoms with Gasteiger partial charge in [-0.1, -0.05) is 0 Å². The van der Waals surface area contributed by atoms with Gasteiger partial charge in [0.1, 0.15) is 23.9 Å². The zero-order valence-electron chi connectivity index (χ0n) is 16.8. The van der Waals surface area contributed by atoms with E-state index in [4.69, 9.17) is 9.47 Å². The Kier molecular flexibility index (Phi) is 7.19. The predicted octanol–water partition coefficient (Wildman–Crippen LogP) is 2.73. The van der Waals surface area contributed by atoms with Gasteiger partial charge < -0.3 is 24.8 Å². The molecular formula is C20H25FN2O6. The molecule has 0 fully saturated rings. The lowest BCUT2D eigenvalue weighted by molar-refractivity contribution is -0.148. The third-order valence-corrected chi connectivity index (χ3v) is 4.00. The predicted molar refractivity (Wildman–Crippen MR) is 103 cm³/mol. The molecule has 1 aromatic rings. The third kappa shape index (κ3) is 6.48. The van der Waals surface area contributed by atoms with Gasteiger partial charge in [0.25, 0.3) is 0 Å². The summed E-state index contributed by atoms with van der Waals surface area (Å²) in [4.78, 5) is 35.4. The Morgan fingerprint density at radius 3 is 2.69 bits per heavy atom. The lowest BCUT2D eigenvalue weighted by Crippen LogP contribution is -2.36. The highest BCUT2D eigenvalue weighted by Gasteiger charge is 2.33. The number of esters is 1. The van der Waals surface area contributed by atoms with E-state index in [2.05, 4.69) is 15.4 Å². The molecule has 0 saturated carbocycles. The van der Waals surface area contributed by atoms with E-state index >= 15 is 0 Å². The van der Waals surface area contributed by atoms with E-state index in [1.165, 1.54) is 7.11 Å². The first-order chi connectivity index (χ1) is 13.6. The minimum absolute atomic E-state index is 0.0726. The van der Waals surface area contributed by atoms with Gasteiger partial charge in [0.05, 0.1) is 13.4 Å². The number of halogens is 1. The number of amides is 2. The van der Waals surface area contributed by atoms with Crippen molar-refractivity contribution in [2.45, 2.75) is 32.8 Å². The van der Waals surface area contributed by atoms with Crippen LogP contribution in [-0.2, 0) is 25.5 Å². The van der Waals surface area contributed by atoms with Crippen LogP contribution in [-0.4, -0.2) is 43.8 Å². The molecule has 0 aromatic heterocycles. The summed E-state index contributed by atoms with van der Waals surface area (Å²) in [7, 11) is 1.22. The molecule has 1 unspecified atom stereocenters. The van der Waals surface area contributed by atoms with Gasteiger partial charge in [0, 0.05) is 17.8 Å². The zero-order chi connectivity index (χ0) is 21.6. The normalized spacial score (nSPS) is 16.4. The van der Waals surface area contributed by atoms with Crippen LogP contribution in [0, 0.1) is 5.92 Å². The topological polar surface area (TPSA) is 103 Å². The third-order valence-electron chi connectivity index (χ3n) is 4.00. The van der Waals surface area contributed by atoms with Crippen LogP contribution in [0.1, 0.15) is 26.3 Å². The molecule has 2 N–H and O–H groups in total. The summed E-state index contributed by atoms with van der Waals surface area (Å²) >= 11 is 0. The van der Waals surface area contributed by atoms with Gasteiger partial charge in [-0.25, -0.2) is 9.18 Å². The molecular weight excluding hydrogens is 383 g/mol. The second-order valence-electron chi connectivity index (χ2n) is 7.50. The van der Waals surface area contributed by atoms with Crippen molar-refractivity contribution in [3.63, 3.8) is 0 Å². The molecule has 1 aromatic carbocycles. The van der Waals surface area contributed by atoms with Gasteiger partial charge in [-0.2, -0.15) is 0 Å². The summed E-state index contributed by atoms with van der Waals surface area (Å²) in [5.74, 6) is -1.54. The Hall–Kier alpha value is -3.10. The van der Waals surface area contributed by atoms with Crippen molar-refractivity contribution in [3.05, 3.63) is 35.7 Å². The lowest BCUT2D eigenvalue weighted by Gasteiger charge is -2.23. The molecule has 9 heteroatoms. The van der Waals surface area contributed by atoms with Gasteiger partial charge in [-0.05, 0) is 51.0 Å². The van der Waals surface area contributed by atoms with Gasteiger partial charge in [-0.3, -0.25) is 9.59 Å². The summed E-state index contributed by atoms with van der Waals surface area (Å²) in [6, 6.07) is 4.93. The number of ether oxygens (including phenoxy) is 3. The maximum absolute atomic E-state index is 13.1. The number of methoxy groups -OCH3 is 1. The summed E-state index contributed by atoms with van der Waals surface area (Å²) in [6.07, 6.45) is -0.115. The van der Waals surface area contributed by atoms with Gasteiger partial charge >= 0.3 is 12.1 Å². The van der Waals surface area contributed by atoms with Crippen LogP contribution in [0.4, 0.5) is 14.9 Å². The first-order valence-electron chi connectivity index (χ1n) is 9.02. The molecule has 0 saturated heterocycles. The number of alkyl carbamates (subject to hydrolysis) is 1. The molecule has 1 heterocycles. The number of hydrogen-bond donors (Lipinski definition) is 2. The van der Waals surface area contributed by atoms with Gasteiger partial charge in [0.15, 0.2) is 0 Å². The molecule has 2 amide bonds. The monoisotopic (exact) mass is 408 g/mol. The van der Waals surface area contributed by atoms with Crippen molar-refractivity contribution < 1.29 is 33.0 Å². The van der Waals surface area contributed by atoms with Crippen LogP contribution in [0.3, 0.4) is 0 Å². The number of anilines is 1. The Labute approximate surface area is 168 Å². The van der Waals surface area contributed by atoms with E-state index in [0.717, 1.165) is 0 Å². The maximum atomic E-state index is 13.1. The quantitative estimate of drug-likeness (QED) is 0.554. The summed E-state index contributed by atoms with van der Waals surface area (Å²) in [5.41, 5.74) is 0.834. The average Bonchev–Trinajstić information content (AvgIpc) is 2.65. The molecule has 0 spiro atoms. The fourth-order valence-corrected chi connectivity index (χ4v) is 2.61. The SMILES string of the molecule is COC(=O)C1Cc2cc(OC/C(=C/F)CNC(=O)OC(C)(C)C)ccc2NC1=O. The molecule has 0 aliphatic carbocycles. The molecule has 29 heavy (non-hydrogen) atoms. The number of carbonyl (C=O) groups is 3. The molecule has 1 aliphatic rings. The van der Waals surface area contributed by atoms with Crippen molar-refractivity contribution >= 4 is 23.7 Å². The summed E-state index contributed by atoms with van der Waals surface area (Å²) in [5, 5.41) is 5.11. The largest absolute Gasteiger partial charge is 0.489 e. The number of nitrogens with one attached hydrogen (secondary N) is 2. The second kappa shape index (κ2) is 9.40.